The summed E-state index contributed by atoms with van der Waals surface area (Å²) < 4.78 is 2.49. The molecule has 0 fully saturated rings. The second kappa shape index (κ2) is 3.30. The summed E-state index contributed by atoms with van der Waals surface area (Å²) in [4.78, 5) is 27.8. The van der Waals surface area contributed by atoms with E-state index in [9.17, 15) is 9.59 Å². The number of fused-ring (bicyclic) bond motifs is 1. The predicted molar refractivity (Wildman–Crippen MR) is 61.7 cm³/mol. The van der Waals surface area contributed by atoms with Crippen LogP contribution >= 0.6 is 0 Å². The van der Waals surface area contributed by atoms with E-state index in [0.29, 0.717) is 11.0 Å². The summed E-state index contributed by atoms with van der Waals surface area (Å²) in [5.74, 6) is 0. The van der Waals surface area contributed by atoms with Gasteiger partial charge in [-0.3, -0.25) is 13.9 Å². The van der Waals surface area contributed by atoms with Gasteiger partial charge in [-0.05, 0) is 25.5 Å². The smallest absolute Gasteiger partial charge is 0.280 e. The van der Waals surface area contributed by atoms with E-state index in [1.807, 2.05) is 13.8 Å². The minimum Gasteiger partial charge on any atom is -0.280 e. The summed E-state index contributed by atoms with van der Waals surface area (Å²) in [6.45, 7) is 3.75. The highest BCUT2D eigenvalue weighted by atomic mass is 16.2. The zero-order chi connectivity index (χ0) is 12.0. The molecule has 2 rings (SSSR count). The Bertz CT molecular complexity index is 695. The van der Waals surface area contributed by atoms with E-state index in [1.54, 1.807) is 13.1 Å². The topological polar surface area (TPSA) is 56.9 Å². The highest BCUT2D eigenvalue weighted by Gasteiger charge is 2.10. The number of aryl methyl sites for hydroxylation is 3. The first-order valence-corrected chi connectivity index (χ1v) is 4.97. The molecule has 0 aromatic carbocycles. The molecule has 0 spiro atoms. The van der Waals surface area contributed by atoms with Gasteiger partial charge in [0.25, 0.3) is 5.56 Å². The number of aromatic nitrogens is 3. The van der Waals surface area contributed by atoms with E-state index in [-0.39, 0.29) is 11.2 Å². The fourth-order valence-electron chi connectivity index (χ4n) is 1.69. The van der Waals surface area contributed by atoms with Crippen LogP contribution in [0.25, 0.3) is 11.0 Å². The summed E-state index contributed by atoms with van der Waals surface area (Å²) >= 11 is 0. The number of hydrogen-bond acceptors (Lipinski definition) is 3. The Morgan fingerprint density at radius 3 is 2.38 bits per heavy atom. The second-order valence-electron chi connectivity index (χ2n) is 3.97. The van der Waals surface area contributed by atoms with Crippen LogP contribution in [0.1, 0.15) is 11.3 Å². The van der Waals surface area contributed by atoms with Crippen molar-refractivity contribution in [2.45, 2.75) is 13.8 Å². The molecule has 84 valence electrons. The van der Waals surface area contributed by atoms with Crippen LogP contribution in [0.3, 0.4) is 0 Å². The SMILES string of the molecule is Cc1cc2c(=O)n(C)c(=O)n(C)c2nc1C. The first-order chi connectivity index (χ1) is 7.43. The van der Waals surface area contributed by atoms with Crippen LogP contribution in [0.5, 0.6) is 0 Å². The molecule has 0 aliphatic carbocycles. The van der Waals surface area contributed by atoms with Crippen molar-refractivity contribution in [3.8, 4) is 0 Å². The van der Waals surface area contributed by atoms with Gasteiger partial charge in [-0.25, -0.2) is 9.78 Å². The molecular formula is C11H13N3O2. The Morgan fingerprint density at radius 2 is 1.75 bits per heavy atom. The van der Waals surface area contributed by atoms with Crippen molar-refractivity contribution in [1.29, 1.82) is 0 Å². The monoisotopic (exact) mass is 219 g/mol. The molecule has 0 saturated carbocycles. The molecule has 2 heterocycles. The lowest BCUT2D eigenvalue weighted by Crippen LogP contribution is -2.37. The van der Waals surface area contributed by atoms with Gasteiger partial charge in [0.15, 0.2) is 0 Å². The quantitative estimate of drug-likeness (QED) is 0.638. The fourth-order valence-corrected chi connectivity index (χ4v) is 1.69. The van der Waals surface area contributed by atoms with Gasteiger partial charge < -0.3 is 0 Å². The largest absolute Gasteiger partial charge is 0.332 e. The third kappa shape index (κ3) is 1.28. The Balaban J connectivity index is 3.16. The Labute approximate surface area is 92.0 Å². The van der Waals surface area contributed by atoms with E-state index < -0.39 is 0 Å². The van der Waals surface area contributed by atoms with Crippen LogP contribution in [0.2, 0.25) is 0 Å². The summed E-state index contributed by atoms with van der Waals surface area (Å²) in [5, 5.41) is 0.479. The number of nitrogens with zero attached hydrogens (tertiary/aromatic N) is 3. The molecule has 2 aromatic heterocycles. The summed E-state index contributed by atoms with van der Waals surface area (Å²) in [6.07, 6.45) is 0. The zero-order valence-electron chi connectivity index (χ0n) is 9.74. The van der Waals surface area contributed by atoms with E-state index in [4.69, 9.17) is 0 Å². The van der Waals surface area contributed by atoms with Crippen LogP contribution < -0.4 is 11.2 Å². The third-order valence-corrected chi connectivity index (χ3v) is 2.87. The van der Waals surface area contributed by atoms with Crippen LogP contribution in [0.15, 0.2) is 15.7 Å². The predicted octanol–water partition coefficient (Wildman–Crippen LogP) is 0.249. The van der Waals surface area contributed by atoms with Crippen molar-refractivity contribution in [2.75, 3.05) is 0 Å². The molecule has 0 saturated heterocycles. The maximum atomic E-state index is 11.9. The van der Waals surface area contributed by atoms with Gasteiger partial charge in [-0.15, -0.1) is 0 Å². The van der Waals surface area contributed by atoms with E-state index in [2.05, 4.69) is 4.98 Å². The third-order valence-electron chi connectivity index (χ3n) is 2.87. The molecule has 0 amide bonds. The van der Waals surface area contributed by atoms with Crippen LogP contribution in [0, 0.1) is 13.8 Å². The van der Waals surface area contributed by atoms with Gasteiger partial charge in [0, 0.05) is 19.8 Å². The first-order valence-electron chi connectivity index (χ1n) is 4.97. The van der Waals surface area contributed by atoms with Crippen molar-refractivity contribution >= 4 is 11.0 Å². The number of rotatable bonds is 0. The highest BCUT2D eigenvalue weighted by molar-refractivity contribution is 5.74. The maximum Gasteiger partial charge on any atom is 0.332 e. The van der Waals surface area contributed by atoms with Crippen molar-refractivity contribution in [2.24, 2.45) is 14.1 Å². The van der Waals surface area contributed by atoms with E-state index >= 15 is 0 Å². The number of hydrogen-bond donors (Lipinski definition) is 0. The molecule has 0 unspecified atom stereocenters. The molecule has 5 heteroatoms. The van der Waals surface area contributed by atoms with Crippen LogP contribution in [-0.2, 0) is 14.1 Å². The first kappa shape index (κ1) is 10.6. The average Bonchev–Trinajstić information content (AvgIpc) is 2.26. The van der Waals surface area contributed by atoms with Crippen molar-refractivity contribution in [3.05, 3.63) is 38.2 Å². The lowest BCUT2D eigenvalue weighted by atomic mass is 10.2. The van der Waals surface area contributed by atoms with Crippen LogP contribution in [-0.4, -0.2) is 14.1 Å². The molecule has 5 nitrogen and oxygen atoms in total. The zero-order valence-corrected chi connectivity index (χ0v) is 9.74. The van der Waals surface area contributed by atoms with Gasteiger partial charge in [0.1, 0.15) is 5.65 Å². The van der Waals surface area contributed by atoms with Gasteiger partial charge in [-0.2, -0.15) is 0 Å². The standard InChI is InChI=1S/C11H13N3O2/c1-6-5-8-9(12-7(6)2)13(3)11(16)14(4)10(8)15/h5H,1-4H3. The van der Waals surface area contributed by atoms with Crippen molar-refractivity contribution in [3.63, 3.8) is 0 Å². The molecule has 0 aliphatic heterocycles. The van der Waals surface area contributed by atoms with Gasteiger partial charge in [0.05, 0.1) is 5.39 Å². The molecule has 0 atom stereocenters. The second-order valence-corrected chi connectivity index (χ2v) is 3.97. The molecule has 0 radical (unpaired) electrons. The van der Waals surface area contributed by atoms with Gasteiger partial charge in [-0.1, -0.05) is 0 Å². The molecule has 0 bridgehead atoms. The van der Waals surface area contributed by atoms with Crippen molar-refractivity contribution < 1.29 is 0 Å². The molecule has 0 N–H and O–H groups in total. The minimum absolute atomic E-state index is 0.297. The van der Waals surface area contributed by atoms with Gasteiger partial charge in [0.2, 0.25) is 0 Å². The van der Waals surface area contributed by atoms with E-state index in [1.165, 1.54) is 11.6 Å². The summed E-state index contributed by atoms with van der Waals surface area (Å²) in [7, 11) is 3.09. The Morgan fingerprint density at radius 1 is 1.12 bits per heavy atom. The van der Waals surface area contributed by atoms with Crippen LogP contribution in [0.4, 0.5) is 0 Å². The van der Waals surface area contributed by atoms with E-state index in [0.717, 1.165) is 15.8 Å². The molecule has 16 heavy (non-hydrogen) atoms. The molecular weight excluding hydrogens is 206 g/mol. The van der Waals surface area contributed by atoms with Crippen molar-refractivity contribution in [1.82, 2.24) is 14.1 Å². The van der Waals surface area contributed by atoms with Gasteiger partial charge >= 0.3 is 5.69 Å². The fraction of sp³-hybridized carbons (Fsp3) is 0.364. The minimum atomic E-state index is -0.353. The lowest BCUT2D eigenvalue weighted by molar-refractivity contribution is 0.706. The summed E-state index contributed by atoms with van der Waals surface area (Å²) in [6, 6.07) is 1.78. The lowest BCUT2D eigenvalue weighted by Gasteiger charge is -2.08. The highest BCUT2D eigenvalue weighted by Crippen LogP contribution is 2.10. The average molecular weight is 219 g/mol. The Hall–Kier alpha value is -1.91. The normalized spacial score (nSPS) is 11.0. The molecule has 0 aliphatic rings. The number of pyridine rings is 1. The summed E-state index contributed by atoms with van der Waals surface area (Å²) in [5.41, 5.74) is 1.57. The molecule has 2 aromatic rings. The Kier molecular flexibility index (Phi) is 2.18. The maximum absolute atomic E-state index is 11.9.